The first-order valence-electron chi connectivity index (χ1n) is 6.62. The molecule has 2 rings (SSSR count). The topological polar surface area (TPSA) is 36.3 Å². The summed E-state index contributed by atoms with van der Waals surface area (Å²) in [5.74, 6) is -0.0400. The van der Waals surface area contributed by atoms with E-state index in [1.165, 1.54) is 0 Å². The number of benzene rings is 1. The van der Waals surface area contributed by atoms with E-state index in [9.17, 15) is 5.26 Å². The molecule has 0 aliphatic carbocycles. The fraction of sp³-hybridized carbons (Fsp3) is 0.533. The lowest BCUT2D eigenvalue weighted by Gasteiger charge is -2.33. The van der Waals surface area contributed by atoms with Crippen LogP contribution in [0.5, 0.6) is 0 Å². The molecule has 1 fully saturated rings. The highest BCUT2D eigenvalue weighted by Crippen LogP contribution is 2.18. The zero-order valence-electron chi connectivity index (χ0n) is 10.9. The van der Waals surface area contributed by atoms with Gasteiger partial charge in [-0.1, -0.05) is 37.3 Å². The molecule has 0 saturated carbocycles. The summed E-state index contributed by atoms with van der Waals surface area (Å²) in [6, 6.07) is 12.5. The van der Waals surface area contributed by atoms with Gasteiger partial charge >= 0.3 is 0 Å². The summed E-state index contributed by atoms with van der Waals surface area (Å²) in [5.41, 5.74) is 1.11. The van der Waals surface area contributed by atoms with Crippen LogP contribution < -0.4 is 0 Å². The molecule has 1 aromatic carbocycles. The first-order chi connectivity index (χ1) is 8.83. The van der Waals surface area contributed by atoms with Crippen LogP contribution in [0.15, 0.2) is 30.3 Å². The van der Waals surface area contributed by atoms with Gasteiger partial charge in [-0.2, -0.15) is 5.26 Å². The largest absolute Gasteiger partial charge is 0.376 e. The van der Waals surface area contributed by atoms with Crippen molar-refractivity contribution in [3.8, 4) is 6.07 Å². The van der Waals surface area contributed by atoms with Crippen LogP contribution >= 0.6 is 0 Å². The van der Waals surface area contributed by atoms with E-state index in [1.807, 2.05) is 30.3 Å². The van der Waals surface area contributed by atoms with Gasteiger partial charge in [0, 0.05) is 19.6 Å². The Morgan fingerprint density at radius 3 is 2.89 bits per heavy atom. The Balaban J connectivity index is 1.97. The minimum atomic E-state index is -0.0400. The predicted octanol–water partition coefficient (Wildman–Crippen LogP) is 2.40. The van der Waals surface area contributed by atoms with Gasteiger partial charge in [0.05, 0.1) is 24.7 Å². The van der Waals surface area contributed by atoms with Gasteiger partial charge in [-0.15, -0.1) is 0 Å². The normalized spacial score (nSPS) is 22.3. The van der Waals surface area contributed by atoms with E-state index in [0.29, 0.717) is 6.10 Å². The lowest BCUT2D eigenvalue weighted by molar-refractivity contribution is -0.0300. The Hall–Kier alpha value is -1.37. The first-order valence-corrected chi connectivity index (χ1v) is 6.62. The molecular weight excluding hydrogens is 224 g/mol. The van der Waals surface area contributed by atoms with Crippen molar-refractivity contribution in [2.45, 2.75) is 25.4 Å². The summed E-state index contributed by atoms with van der Waals surface area (Å²) < 4.78 is 5.65. The van der Waals surface area contributed by atoms with Crippen LogP contribution in [-0.2, 0) is 4.74 Å². The third-order valence-corrected chi connectivity index (χ3v) is 3.48. The maximum absolute atomic E-state index is 9.33. The second-order valence-corrected chi connectivity index (χ2v) is 4.75. The SMILES string of the molecule is CCC1CN(CC(C#N)c2ccccc2)CCO1. The third kappa shape index (κ3) is 3.32. The number of ether oxygens (including phenoxy) is 1. The van der Waals surface area contributed by atoms with Crippen LogP contribution in [0.2, 0.25) is 0 Å². The lowest BCUT2D eigenvalue weighted by atomic mass is 9.99. The molecule has 1 heterocycles. The molecule has 0 aromatic heterocycles. The number of rotatable bonds is 4. The quantitative estimate of drug-likeness (QED) is 0.816. The molecule has 3 nitrogen and oxygen atoms in total. The number of nitriles is 1. The maximum atomic E-state index is 9.33. The summed E-state index contributed by atoms with van der Waals surface area (Å²) in [5, 5.41) is 9.33. The van der Waals surface area contributed by atoms with Crippen molar-refractivity contribution in [2.75, 3.05) is 26.2 Å². The van der Waals surface area contributed by atoms with Crippen LogP contribution in [0.4, 0.5) is 0 Å². The van der Waals surface area contributed by atoms with Crippen molar-refractivity contribution in [1.82, 2.24) is 4.90 Å². The number of hydrogen-bond acceptors (Lipinski definition) is 3. The van der Waals surface area contributed by atoms with Gasteiger partial charge in [-0.05, 0) is 12.0 Å². The predicted molar refractivity (Wildman–Crippen MR) is 71.3 cm³/mol. The molecule has 1 aliphatic heterocycles. The molecular formula is C15H20N2O. The molecule has 0 amide bonds. The molecule has 96 valence electrons. The number of morpholine rings is 1. The fourth-order valence-electron chi connectivity index (χ4n) is 2.36. The van der Waals surface area contributed by atoms with Gasteiger partial charge in [0.2, 0.25) is 0 Å². The Kier molecular flexibility index (Phi) is 4.74. The Morgan fingerprint density at radius 1 is 1.44 bits per heavy atom. The Morgan fingerprint density at radius 2 is 2.22 bits per heavy atom. The zero-order valence-corrected chi connectivity index (χ0v) is 10.9. The van der Waals surface area contributed by atoms with E-state index in [4.69, 9.17) is 4.74 Å². The number of hydrogen-bond donors (Lipinski definition) is 0. The summed E-state index contributed by atoms with van der Waals surface area (Å²) in [7, 11) is 0. The minimum Gasteiger partial charge on any atom is -0.376 e. The van der Waals surface area contributed by atoms with Crippen LogP contribution in [0.3, 0.4) is 0 Å². The molecule has 0 spiro atoms. The highest BCUT2D eigenvalue weighted by Gasteiger charge is 2.22. The first kappa shape index (κ1) is 13.1. The smallest absolute Gasteiger partial charge is 0.0839 e. The Bertz CT molecular complexity index is 399. The van der Waals surface area contributed by atoms with Crippen molar-refractivity contribution in [1.29, 1.82) is 5.26 Å². The molecule has 18 heavy (non-hydrogen) atoms. The molecule has 1 aliphatic rings. The fourth-order valence-corrected chi connectivity index (χ4v) is 2.36. The number of nitrogens with zero attached hydrogens (tertiary/aromatic N) is 2. The van der Waals surface area contributed by atoms with Crippen LogP contribution in [0, 0.1) is 11.3 Å². The molecule has 1 aromatic rings. The molecule has 0 bridgehead atoms. The summed E-state index contributed by atoms with van der Waals surface area (Å²) in [6.45, 7) is 5.61. The van der Waals surface area contributed by atoms with Gasteiger partial charge in [0.1, 0.15) is 0 Å². The van der Waals surface area contributed by atoms with E-state index < -0.39 is 0 Å². The van der Waals surface area contributed by atoms with Crippen molar-refractivity contribution >= 4 is 0 Å². The minimum absolute atomic E-state index is 0.0400. The zero-order chi connectivity index (χ0) is 12.8. The summed E-state index contributed by atoms with van der Waals surface area (Å²) in [4.78, 5) is 2.35. The standard InChI is InChI=1S/C15H20N2O/c1-2-15-12-17(8-9-18-15)11-14(10-16)13-6-4-3-5-7-13/h3-7,14-15H,2,8-9,11-12H2,1H3. The average molecular weight is 244 g/mol. The van der Waals surface area contributed by atoms with Crippen LogP contribution in [0.1, 0.15) is 24.8 Å². The highest BCUT2D eigenvalue weighted by atomic mass is 16.5. The third-order valence-electron chi connectivity index (χ3n) is 3.48. The molecule has 0 N–H and O–H groups in total. The molecule has 0 radical (unpaired) electrons. The van der Waals surface area contributed by atoms with Crippen molar-refractivity contribution in [3.63, 3.8) is 0 Å². The lowest BCUT2D eigenvalue weighted by Crippen LogP contribution is -2.43. The highest BCUT2D eigenvalue weighted by molar-refractivity contribution is 5.25. The summed E-state index contributed by atoms with van der Waals surface area (Å²) in [6.07, 6.45) is 1.37. The molecule has 2 atom stereocenters. The van der Waals surface area contributed by atoms with Crippen LogP contribution in [-0.4, -0.2) is 37.2 Å². The van der Waals surface area contributed by atoms with Crippen molar-refractivity contribution in [2.24, 2.45) is 0 Å². The van der Waals surface area contributed by atoms with Gasteiger partial charge < -0.3 is 4.74 Å². The van der Waals surface area contributed by atoms with Crippen LogP contribution in [0.25, 0.3) is 0 Å². The van der Waals surface area contributed by atoms with Gasteiger partial charge in [-0.3, -0.25) is 4.90 Å². The van der Waals surface area contributed by atoms with Crippen molar-refractivity contribution in [3.05, 3.63) is 35.9 Å². The monoisotopic (exact) mass is 244 g/mol. The second kappa shape index (κ2) is 6.53. The van der Waals surface area contributed by atoms with E-state index in [1.54, 1.807) is 0 Å². The van der Waals surface area contributed by atoms with Gasteiger partial charge in [0.15, 0.2) is 0 Å². The molecule has 3 heteroatoms. The van der Waals surface area contributed by atoms with E-state index in [2.05, 4.69) is 17.9 Å². The molecule has 1 saturated heterocycles. The van der Waals surface area contributed by atoms with E-state index >= 15 is 0 Å². The molecule has 2 unspecified atom stereocenters. The van der Waals surface area contributed by atoms with Gasteiger partial charge in [-0.25, -0.2) is 0 Å². The van der Waals surface area contributed by atoms with E-state index in [0.717, 1.165) is 38.2 Å². The Labute approximate surface area is 109 Å². The summed E-state index contributed by atoms with van der Waals surface area (Å²) >= 11 is 0. The second-order valence-electron chi connectivity index (χ2n) is 4.75. The van der Waals surface area contributed by atoms with Crippen molar-refractivity contribution < 1.29 is 4.74 Å². The maximum Gasteiger partial charge on any atom is 0.0839 e. The van der Waals surface area contributed by atoms with Gasteiger partial charge in [0.25, 0.3) is 0 Å². The average Bonchev–Trinajstić information content (AvgIpc) is 2.46. The van der Waals surface area contributed by atoms with E-state index in [-0.39, 0.29) is 5.92 Å².